The highest BCUT2D eigenvalue weighted by molar-refractivity contribution is 6.13. The molecule has 24 heteroatoms. The number of aromatic nitrogens is 4. The Bertz CT molecular complexity index is 2340. The van der Waals surface area contributed by atoms with Crippen LogP contribution in [0.4, 0.5) is 16.3 Å². The standard InChI is InChI=1S/C40H45N11O13/c1-4-23(46-38(61)29(19(2)3)47-26(54)11-12-50-27(55)9-10-28(50)56)36(59)45-21-7-5-20(6-8-21)16-63-40(62)51-14-22(53)13-24(51)37(60)48-30-25(15-52)64-39(33(58)32(30)57)49-35-31-34(42-17-41-31)43-18-44-35/h1,5-10,17-19,23-25,29-30,32-33,39,52,57-58H,11-16H2,2-3H3,(H,45,59)(H,46,61)(H,47,54)(H,48,60)(H2,41,42,43,44,49)/t23-,24+,25-,29-,30-,32+,33-,39-/m0/s1. The van der Waals surface area contributed by atoms with Crippen molar-refractivity contribution in [2.75, 3.05) is 30.3 Å². The molecule has 2 aromatic heterocycles. The summed E-state index contributed by atoms with van der Waals surface area (Å²) < 4.78 is 11.2. The fourth-order valence-electron chi connectivity index (χ4n) is 6.99. The van der Waals surface area contributed by atoms with Crippen LogP contribution in [0.15, 0.2) is 49.1 Å². The molecule has 1 aromatic carbocycles. The Balaban J connectivity index is 0.978. The van der Waals surface area contributed by atoms with E-state index < -0.39 is 115 Å². The summed E-state index contributed by atoms with van der Waals surface area (Å²) in [5, 5.41) is 44.9. The molecule has 0 spiro atoms. The van der Waals surface area contributed by atoms with Crippen molar-refractivity contribution in [1.82, 2.24) is 45.7 Å². The van der Waals surface area contributed by atoms with E-state index in [1.807, 2.05) is 0 Å². The number of benzene rings is 1. The first kappa shape index (κ1) is 46.2. The number of anilines is 2. The Morgan fingerprint density at radius 2 is 1.72 bits per heavy atom. The Kier molecular flexibility index (Phi) is 14.6. The number of nitrogens with zero attached hydrogens (tertiary/aromatic N) is 5. The second kappa shape index (κ2) is 20.2. The van der Waals surface area contributed by atoms with Gasteiger partial charge in [0, 0.05) is 37.2 Å². The van der Waals surface area contributed by atoms with E-state index in [0.29, 0.717) is 16.7 Å². The number of imidazole rings is 1. The van der Waals surface area contributed by atoms with Crippen LogP contribution in [-0.2, 0) is 49.6 Å². The molecule has 64 heavy (non-hydrogen) atoms. The first-order chi connectivity index (χ1) is 30.6. The summed E-state index contributed by atoms with van der Waals surface area (Å²) in [5.41, 5.74) is 1.38. The molecule has 6 rings (SSSR count). The second-order valence-electron chi connectivity index (χ2n) is 15.2. The average Bonchev–Trinajstić information content (AvgIpc) is 4.01. The number of aliphatic hydroxyl groups excluding tert-OH is 3. The number of amides is 7. The number of carbonyl (C=O) groups excluding carboxylic acids is 8. The van der Waals surface area contributed by atoms with Crippen LogP contribution in [0, 0.1) is 18.3 Å². The number of rotatable bonds is 16. The predicted octanol–water partition coefficient (Wildman–Crippen LogP) is -2.82. The lowest BCUT2D eigenvalue weighted by Gasteiger charge is -2.43. The summed E-state index contributed by atoms with van der Waals surface area (Å²) in [6.07, 6.45) is 2.78. The number of fused-ring (bicyclic) bond motifs is 1. The van der Waals surface area contributed by atoms with Gasteiger partial charge in [0.15, 0.2) is 29.5 Å². The molecular weight excluding hydrogens is 843 g/mol. The van der Waals surface area contributed by atoms with Gasteiger partial charge in [0.25, 0.3) is 17.7 Å². The molecule has 9 N–H and O–H groups in total. The highest BCUT2D eigenvalue weighted by atomic mass is 16.6. The maximum atomic E-state index is 13.5. The lowest BCUT2D eigenvalue weighted by atomic mass is 9.95. The van der Waals surface area contributed by atoms with Crippen molar-refractivity contribution in [3.63, 3.8) is 0 Å². The smallest absolute Gasteiger partial charge is 0.411 e. The zero-order valence-corrected chi connectivity index (χ0v) is 34.3. The van der Waals surface area contributed by atoms with Crippen LogP contribution in [0.2, 0.25) is 0 Å². The highest BCUT2D eigenvalue weighted by Gasteiger charge is 2.48. The molecule has 5 heterocycles. The Morgan fingerprint density at radius 1 is 1.00 bits per heavy atom. The summed E-state index contributed by atoms with van der Waals surface area (Å²) >= 11 is 0. The molecular formula is C40H45N11O13. The fourth-order valence-corrected chi connectivity index (χ4v) is 6.99. The van der Waals surface area contributed by atoms with Gasteiger partial charge in [-0.25, -0.2) is 19.7 Å². The minimum Gasteiger partial charge on any atom is -0.445 e. The zero-order valence-electron chi connectivity index (χ0n) is 34.3. The van der Waals surface area contributed by atoms with Gasteiger partial charge in [0.2, 0.25) is 17.7 Å². The molecule has 3 aromatic rings. The molecule has 3 aliphatic heterocycles. The van der Waals surface area contributed by atoms with Gasteiger partial charge in [-0.3, -0.25) is 43.4 Å². The van der Waals surface area contributed by atoms with E-state index >= 15 is 0 Å². The molecule has 2 fully saturated rings. The van der Waals surface area contributed by atoms with Gasteiger partial charge < -0.3 is 56.4 Å². The van der Waals surface area contributed by atoms with E-state index in [1.54, 1.807) is 13.8 Å². The van der Waals surface area contributed by atoms with E-state index in [2.05, 4.69) is 52.4 Å². The topological polar surface area (TPSA) is 337 Å². The number of hydrogen-bond donors (Lipinski definition) is 9. The molecule has 0 radical (unpaired) electrons. The largest absolute Gasteiger partial charge is 0.445 e. The number of Topliss-reactive ketones (excluding diaryl/α,β-unsaturated/α-hetero) is 1. The summed E-state index contributed by atoms with van der Waals surface area (Å²) in [6.45, 7) is 1.64. The molecule has 8 atom stereocenters. The predicted molar refractivity (Wildman–Crippen MR) is 218 cm³/mol. The Morgan fingerprint density at radius 3 is 2.39 bits per heavy atom. The van der Waals surface area contributed by atoms with E-state index in [1.165, 1.54) is 36.9 Å². The number of hydrogen-bond acceptors (Lipinski definition) is 17. The SMILES string of the molecule is C#C[C@H](NC(=O)[C@@H](NC(=O)CCN1C(=O)C=CC1=O)C(C)C)C(=O)Nc1ccc(COC(=O)N2CC(=O)C[C@@H]2C(=O)N[C@@H]2[C@@H](O)[C@H](O)[C@@H](Nc3ncnc4nc[nH]c34)O[C@H]2CO)cc1. The van der Waals surface area contributed by atoms with Crippen LogP contribution in [0.3, 0.4) is 0 Å². The fraction of sp³-hybridized carbons (Fsp3) is 0.425. The van der Waals surface area contributed by atoms with Gasteiger partial charge in [-0.1, -0.05) is 31.9 Å². The number of H-pyrrole nitrogens is 1. The van der Waals surface area contributed by atoms with Gasteiger partial charge in [-0.05, 0) is 23.6 Å². The van der Waals surface area contributed by atoms with E-state index in [4.69, 9.17) is 15.9 Å². The van der Waals surface area contributed by atoms with Crippen LogP contribution < -0.4 is 26.6 Å². The van der Waals surface area contributed by atoms with Crippen molar-refractivity contribution < 1.29 is 63.1 Å². The molecule has 338 valence electrons. The number of nitrogens with one attached hydrogen (secondary N) is 6. The zero-order chi connectivity index (χ0) is 46.2. The number of likely N-dealkylation sites (tertiary alicyclic amines) is 1. The third kappa shape index (κ3) is 10.6. The average molecular weight is 888 g/mol. The molecule has 0 bridgehead atoms. The monoisotopic (exact) mass is 887 g/mol. The third-order valence-electron chi connectivity index (χ3n) is 10.4. The molecule has 24 nitrogen and oxygen atoms in total. The summed E-state index contributed by atoms with van der Waals surface area (Å²) in [5.74, 6) is -2.65. The summed E-state index contributed by atoms with van der Waals surface area (Å²) in [4.78, 5) is 118. The van der Waals surface area contributed by atoms with Crippen LogP contribution in [0.5, 0.6) is 0 Å². The van der Waals surface area contributed by atoms with Crippen LogP contribution in [0.25, 0.3) is 11.2 Å². The third-order valence-corrected chi connectivity index (χ3v) is 10.4. The van der Waals surface area contributed by atoms with Gasteiger partial charge in [-0.2, -0.15) is 0 Å². The molecule has 2 saturated heterocycles. The lowest BCUT2D eigenvalue weighted by molar-refractivity contribution is -0.185. The quantitative estimate of drug-likeness (QED) is 0.0517. The van der Waals surface area contributed by atoms with Gasteiger partial charge in [0.1, 0.15) is 48.8 Å². The van der Waals surface area contributed by atoms with Crippen LogP contribution in [0.1, 0.15) is 32.3 Å². The molecule has 3 aliphatic rings. The van der Waals surface area contributed by atoms with Crippen molar-refractivity contribution in [2.45, 2.75) is 82.0 Å². The minimum absolute atomic E-state index is 0.184. The normalized spacial score (nSPS) is 22.8. The van der Waals surface area contributed by atoms with Crippen molar-refractivity contribution in [3.8, 4) is 12.3 Å². The number of ether oxygens (including phenoxy) is 2. The van der Waals surface area contributed by atoms with E-state index in [0.717, 1.165) is 22.0 Å². The van der Waals surface area contributed by atoms with Crippen LogP contribution >= 0.6 is 0 Å². The van der Waals surface area contributed by atoms with E-state index in [9.17, 15) is 53.7 Å². The number of ketones is 1. The van der Waals surface area contributed by atoms with Crippen LogP contribution in [-0.4, -0.2) is 161 Å². The van der Waals surface area contributed by atoms with Gasteiger partial charge >= 0.3 is 6.09 Å². The molecule has 7 amide bonds. The Labute approximate surface area is 363 Å². The number of terminal acetylenes is 1. The maximum Gasteiger partial charge on any atom is 0.411 e. The first-order valence-electron chi connectivity index (χ1n) is 19.9. The minimum atomic E-state index is -1.69. The molecule has 0 saturated carbocycles. The Hall–Kier alpha value is -7.33. The number of imide groups is 1. The van der Waals surface area contributed by atoms with Crippen molar-refractivity contribution >= 4 is 70.0 Å². The highest BCUT2D eigenvalue weighted by Crippen LogP contribution is 2.26. The second-order valence-corrected chi connectivity index (χ2v) is 15.2. The maximum absolute atomic E-state index is 13.5. The van der Waals surface area contributed by atoms with E-state index in [-0.39, 0.29) is 37.5 Å². The lowest BCUT2D eigenvalue weighted by Crippen LogP contribution is -2.67. The number of aliphatic hydroxyl groups is 3. The summed E-state index contributed by atoms with van der Waals surface area (Å²) in [7, 11) is 0. The van der Waals surface area contributed by atoms with Gasteiger partial charge in [0.05, 0.1) is 25.5 Å². The molecule has 0 unspecified atom stereocenters. The number of aromatic amines is 1. The van der Waals surface area contributed by atoms with Gasteiger partial charge in [-0.15, -0.1) is 6.42 Å². The first-order valence-corrected chi connectivity index (χ1v) is 19.9. The summed E-state index contributed by atoms with van der Waals surface area (Å²) in [6, 6.07) is 0.629. The van der Waals surface area contributed by atoms with Crippen molar-refractivity contribution in [2.24, 2.45) is 5.92 Å². The molecule has 0 aliphatic carbocycles. The van der Waals surface area contributed by atoms with Crippen molar-refractivity contribution in [3.05, 3.63) is 54.6 Å². The number of carbonyl (C=O) groups is 8. The van der Waals surface area contributed by atoms with Crippen molar-refractivity contribution in [1.29, 1.82) is 0 Å².